The van der Waals surface area contributed by atoms with Crippen LogP contribution in [0.15, 0.2) is 29.2 Å². The van der Waals surface area contributed by atoms with E-state index in [4.69, 9.17) is 0 Å². The highest BCUT2D eigenvalue weighted by Crippen LogP contribution is 2.27. The monoisotopic (exact) mass is 193 g/mol. The molecule has 5 heteroatoms. The van der Waals surface area contributed by atoms with Crippen LogP contribution in [0.1, 0.15) is 0 Å². The molecule has 0 N–H and O–H groups in total. The first-order valence-corrected chi connectivity index (χ1v) is 3.41. The fourth-order valence-corrected chi connectivity index (χ4v) is 0.847. The second-order valence-corrected chi connectivity index (χ2v) is 2.43. The van der Waals surface area contributed by atoms with E-state index < -0.39 is 6.36 Å². The molecule has 0 atom stereocenters. The molecule has 0 aromatic heterocycles. The Labute approximate surface area is 72.6 Å². The molecule has 0 aliphatic carbocycles. The van der Waals surface area contributed by atoms with Crippen LogP contribution in [0.5, 0.6) is 5.75 Å². The topological polar surface area (TPSA) is 9.23 Å². The molecule has 0 fully saturated rings. The zero-order valence-corrected chi connectivity index (χ0v) is 6.58. The van der Waals surface area contributed by atoms with Crippen LogP contribution >= 0.6 is 12.6 Å². The van der Waals surface area contributed by atoms with Crippen LogP contribution in [0.4, 0.5) is 13.2 Å². The standard InChI is InChI=1S/C7H4F3OS/c8-7(9,10)11-5-3-1-2-4-6(5)12/h1-4H. The van der Waals surface area contributed by atoms with Crippen molar-refractivity contribution in [3.8, 4) is 5.75 Å². The molecule has 0 saturated carbocycles. The zero-order valence-electron chi connectivity index (χ0n) is 5.76. The van der Waals surface area contributed by atoms with Gasteiger partial charge in [-0.1, -0.05) is 24.8 Å². The fraction of sp³-hybridized carbons (Fsp3) is 0.143. The van der Waals surface area contributed by atoms with Crippen LogP contribution in [0.3, 0.4) is 0 Å². The first-order chi connectivity index (χ1) is 5.49. The highest BCUT2D eigenvalue weighted by Gasteiger charge is 2.31. The second-order valence-electron chi connectivity index (χ2n) is 1.99. The van der Waals surface area contributed by atoms with Crippen molar-refractivity contribution in [3.05, 3.63) is 24.3 Å². The molecule has 12 heavy (non-hydrogen) atoms. The van der Waals surface area contributed by atoms with E-state index in [-0.39, 0.29) is 10.6 Å². The molecule has 65 valence electrons. The number of hydrogen-bond acceptors (Lipinski definition) is 1. The summed E-state index contributed by atoms with van der Waals surface area (Å²) in [5.74, 6) is -0.333. The van der Waals surface area contributed by atoms with Gasteiger partial charge in [0.2, 0.25) is 0 Å². The summed E-state index contributed by atoms with van der Waals surface area (Å²) >= 11 is 4.60. The summed E-state index contributed by atoms with van der Waals surface area (Å²) in [7, 11) is 0. The van der Waals surface area contributed by atoms with E-state index in [1.54, 1.807) is 6.07 Å². The normalized spacial score (nSPS) is 11.2. The Balaban J connectivity index is 2.83. The lowest BCUT2D eigenvalue weighted by Crippen LogP contribution is -2.17. The van der Waals surface area contributed by atoms with Crippen molar-refractivity contribution >= 4 is 12.6 Å². The van der Waals surface area contributed by atoms with Gasteiger partial charge < -0.3 is 4.74 Å². The molecule has 1 aromatic carbocycles. The Hall–Kier alpha value is -0.970. The maximum absolute atomic E-state index is 11.7. The van der Waals surface area contributed by atoms with Crippen molar-refractivity contribution in [2.24, 2.45) is 0 Å². The minimum atomic E-state index is -4.67. The number of benzene rings is 1. The van der Waals surface area contributed by atoms with Gasteiger partial charge in [0.1, 0.15) is 5.75 Å². The predicted octanol–water partition coefficient (Wildman–Crippen LogP) is 3.14. The minimum absolute atomic E-state index is 0.0508. The van der Waals surface area contributed by atoms with Gasteiger partial charge in [-0.05, 0) is 12.1 Å². The Morgan fingerprint density at radius 1 is 1.17 bits per heavy atom. The van der Waals surface area contributed by atoms with Crippen molar-refractivity contribution < 1.29 is 17.9 Å². The van der Waals surface area contributed by atoms with E-state index in [1.807, 2.05) is 0 Å². The summed E-state index contributed by atoms with van der Waals surface area (Å²) in [4.78, 5) is 0.0508. The average molecular weight is 193 g/mol. The molecule has 0 heterocycles. The molecule has 1 radical (unpaired) electrons. The molecule has 0 unspecified atom stereocenters. The molecule has 0 saturated heterocycles. The molecule has 0 amide bonds. The van der Waals surface area contributed by atoms with Crippen LogP contribution in [-0.4, -0.2) is 6.36 Å². The predicted molar refractivity (Wildman–Crippen MR) is 39.0 cm³/mol. The zero-order chi connectivity index (χ0) is 9.19. The molecule has 0 aliphatic heterocycles. The molecule has 0 spiro atoms. The Bertz CT molecular complexity index is 272. The van der Waals surface area contributed by atoms with Crippen LogP contribution in [0, 0.1) is 0 Å². The van der Waals surface area contributed by atoms with E-state index in [2.05, 4.69) is 17.4 Å². The summed E-state index contributed by atoms with van der Waals surface area (Å²) < 4.78 is 38.6. The Kier molecular flexibility index (Phi) is 2.42. The van der Waals surface area contributed by atoms with Gasteiger partial charge in [0.15, 0.2) is 0 Å². The molecule has 1 aromatic rings. The van der Waals surface area contributed by atoms with E-state index in [1.165, 1.54) is 18.2 Å². The van der Waals surface area contributed by atoms with E-state index in [0.29, 0.717) is 0 Å². The molecule has 1 rings (SSSR count). The van der Waals surface area contributed by atoms with Gasteiger partial charge in [0.05, 0.1) is 4.90 Å². The number of hydrogen-bond donors (Lipinski definition) is 0. The summed E-state index contributed by atoms with van der Waals surface area (Å²) in [6, 6.07) is 5.52. The summed E-state index contributed by atoms with van der Waals surface area (Å²) in [6.07, 6.45) is -4.67. The number of alkyl halides is 3. The van der Waals surface area contributed by atoms with Crippen LogP contribution < -0.4 is 4.74 Å². The quantitative estimate of drug-likeness (QED) is 0.665. The van der Waals surface area contributed by atoms with E-state index >= 15 is 0 Å². The number of rotatable bonds is 1. The molecular formula is C7H4F3OS. The van der Waals surface area contributed by atoms with Crippen LogP contribution in [0.25, 0.3) is 0 Å². The maximum atomic E-state index is 11.7. The second kappa shape index (κ2) is 3.18. The third-order valence-corrected chi connectivity index (χ3v) is 1.41. The first kappa shape index (κ1) is 9.12. The Morgan fingerprint density at radius 3 is 2.25 bits per heavy atom. The number of para-hydroxylation sites is 1. The molecule has 0 aliphatic rings. The van der Waals surface area contributed by atoms with Crippen molar-refractivity contribution in [3.63, 3.8) is 0 Å². The van der Waals surface area contributed by atoms with Gasteiger partial charge in [-0.3, -0.25) is 0 Å². The largest absolute Gasteiger partial charge is 0.573 e. The highest BCUT2D eigenvalue weighted by molar-refractivity contribution is 7.80. The lowest BCUT2D eigenvalue weighted by molar-refractivity contribution is -0.275. The van der Waals surface area contributed by atoms with Gasteiger partial charge >= 0.3 is 6.36 Å². The number of halogens is 3. The van der Waals surface area contributed by atoms with Crippen molar-refractivity contribution in [2.45, 2.75) is 11.3 Å². The third-order valence-electron chi connectivity index (χ3n) is 1.07. The fourth-order valence-electron chi connectivity index (χ4n) is 0.659. The Morgan fingerprint density at radius 2 is 1.75 bits per heavy atom. The summed E-state index contributed by atoms with van der Waals surface area (Å²) in [5.41, 5.74) is 0. The van der Waals surface area contributed by atoms with E-state index in [9.17, 15) is 13.2 Å². The van der Waals surface area contributed by atoms with E-state index in [0.717, 1.165) is 0 Å². The molecule has 1 nitrogen and oxygen atoms in total. The molecule has 0 bridgehead atoms. The van der Waals surface area contributed by atoms with Gasteiger partial charge in [-0.25, -0.2) is 0 Å². The van der Waals surface area contributed by atoms with Crippen molar-refractivity contribution in [1.82, 2.24) is 0 Å². The van der Waals surface area contributed by atoms with Gasteiger partial charge in [0, 0.05) is 0 Å². The maximum Gasteiger partial charge on any atom is 0.573 e. The first-order valence-electron chi connectivity index (χ1n) is 3.01. The van der Waals surface area contributed by atoms with Crippen LogP contribution in [-0.2, 0) is 0 Å². The summed E-state index contributed by atoms with van der Waals surface area (Å²) in [5, 5.41) is 0. The summed E-state index contributed by atoms with van der Waals surface area (Å²) in [6.45, 7) is 0. The lowest BCUT2D eigenvalue weighted by Gasteiger charge is -2.09. The molecular weight excluding hydrogens is 189 g/mol. The van der Waals surface area contributed by atoms with Crippen molar-refractivity contribution in [2.75, 3.05) is 0 Å². The average Bonchev–Trinajstić information content (AvgIpc) is 1.91. The SMILES string of the molecule is FC(F)(F)Oc1ccccc1[S]. The number of ether oxygens (including phenoxy) is 1. The minimum Gasteiger partial charge on any atom is -0.404 e. The lowest BCUT2D eigenvalue weighted by atomic mass is 10.3. The van der Waals surface area contributed by atoms with Gasteiger partial charge in [-0.15, -0.1) is 13.2 Å². The van der Waals surface area contributed by atoms with Crippen molar-refractivity contribution in [1.29, 1.82) is 0 Å². The highest BCUT2D eigenvalue weighted by atomic mass is 32.1. The smallest absolute Gasteiger partial charge is 0.404 e. The third kappa shape index (κ3) is 2.58. The van der Waals surface area contributed by atoms with Crippen LogP contribution in [0.2, 0.25) is 0 Å². The van der Waals surface area contributed by atoms with Gasteiger partial charge in [-0.2, -0.15) is 0 Å². The van der Waals surface area contributed by atoms with Gasteiger partial charge in [0.25, 0.3) is 0 Å².